The predicted molar refractivity (Wildman–Crippen MR) is 82.7 cm³/mol. The van der Waals surface area contributed by atoms with E-state index in [-0.39, 0.29) is 6.04 Å². The Morgan fingerprint density at radius 2 is 2.00 bits per heavy atom. The lowest BCUT2D eigenvalue weighted by Crippen LogP contribution is -2.17. The Morgan fingerprint density at radius 3 is 2.47 bits per heavy atom. The van der Waals surface area contributed by atoms with Crippen LogP contribution in [0.15, 0.2) is 23.6 Å². The van der Waals surface area contributed by atoms with Crippen molar-refractivity contribution in [2.45, 2.75) is 19.9 Å². The topological polar surface area (TPSA) is 21.3 Å². The van der Waals surface area contributed by atoms with E-state index in [1.165, 1.54) is 5.56 Å². The molecule has 0 fully saturated rings. The molecule has 1 atom stereocenters. The van der Waals surface area contributed by atoms with Gasteiger partial charge in [0.1, 0.15) is 5.75 Å². The standard InChI is InChI=1S/C15H18ClNOS/c1-9-7-11(5-6-12(9)18-4)14(17-3)15-13(16)10(2)8-19-15/h5-8,14,17H,1-4H3. The number of halogens is 1. The van der Waals surface area contributed by atoms with Crippen LogP contribution in [0.1, 0.15) is 27.6 Å². The molecule has 2 rings (SSSR count). The number of thiophene rings is 1. The predicted octanol–water partition coefficient (Wildman–Crippen LogP) is 4.34. The van der Waals surface area contributed by atoms with Gasteiger partial charge in [0, 0.05) is 4.88 Å². The van der Waals surface area contributed by atoms with E-state index in [9.17, 15) is 0 Å². The van der Waals surface area contributed by atoms with Crippen molar-refractivity contribution < 1.29 is 4.74 Å². The van der Waals surface area contributed by atoms with Crippen molar-refractivity contribution in [2.75, 3.05) is 14.2 Å². The summed E-state index contributed by atoms with van der Waals surface area (Å²) in [7, 11) is 3.65. The summed E-state index contributed by atoms with van der Waals surface area (Å²) >= 11 is 8.07. The van der Waals surface area contributed by atoms with E-state index in [0.29, 0.717) is 0 Å². The van der Waals surface area contributed by atoms with E-state index in [2.05, 4.69) is 29.8 Å². The molecule has 0 saturated heterocycles. The zero-order valence-corrected chi connectivity index (χ0v) is 13.2. The Hall–Kier alpha value is -1.03. The maximum atomic E-state index is 6.38. The van der Waals surface area contributed by atoms with Gasteiger partial charge in [-0.05, 0) is 49.0 Å². The summed E-state index contributed by atoms with van der Waals surface area (Å²) in [5.41, 5.74) is 3.46. The highest BCUT2D eigenvalue weighted by atomic mass is 35.5. The van der Waals surface area contributed by atoms with Crippen molar-refractivity contribution >= 4 is 22.9 Å². The fourth-order valence-corrected chi connectivity index (χ4v) is 3.61. The van der Waals surface area contributed by atoms with Gasteiger partial charge in [-0.3, -0.25) is 0 Å². The number of hydrogen-bond donors (Lipinski definition) is 1. The first-order valence-corrected chi connectivity index (χ1v) is 7.39. The number of methoxy groups -OCH3 is 1. The first-order valence-electron chi connectivity index (χ1n) is 6.13. The molecular formula is C15H18ClNOS. The second-order valence-corrected chi connectivity index (χ2v) is 5.84. The van der Waals surface area contributed by atoms with E-state index in [1.807, 2.05) is 20.0 Å². The Balaban J connectivity index is 2.42. The summed E-state index contributed by atoms with van der Waals surface area (Å²) in [4.78, 5) is 1.16. The molecule has 0 aliphatic rings. The fraction of sp³-hybridized carbons (Fsp3) is 0.333. The molecule has 0 aliphatic carbocycles. The van der Waals surface area contributed by atoms with Crippen LogP contribution in [0, 0.1) is 13.8 Å². The summed E-state index contributed by atoms with van der Waals surface area (Å²) in [5.74, 6) is 0.909. The summed E-state index contributed by atoms with van der Waals surface area (Å²) in [5, 5.41) is 6.29. The molecule has 0 aliphatic heterocycles. The van der Waals surface area contributed by atoms with E-state index >= 15 is 0 Å². The zero-order chi connectivity index (χ0) is 14.0. The van der Waals surface area contributed by atoms with Gasteiger partial charge in [-0.2, -0.15) is 0 Å². The molecule has 4 heteroatoms. The average Bonchev–Trinajstić information content (AvgIpc) is 2.72. The second-order valence-electron chi connectivity index (χ2n) is 4.55. The quantitative estimate of drug-likeness (QED) is 0.906. The molecule has 0 spiro atoms. The molecule has 0 radical (unpaired) electrons. The molecule has 0 amide bonds. The minimum atomic E-state index is 0.121. The molecule has 1 N–H and O–H groups in total. The summed E-state index contributed by atoms with van der Waals surface area (Å²) in [6, 6.07) is 6.35. The van der Waals surface area contributed by atoms with Gasteiger partial charge in [0.25, 0.3) is 0 Å². The largest absolute Gasteiger partial charge is 0.496 e. The number of ether oxygens (including phenoxy) is 1. The lowest BCUT2D eigenvalue weighted by molar-refractivity contribution is 0.411. The lowest BCUT2D eigenvalue weighted by Gasteiger charge is -2.17. The van der Waals surface area contributed by atoms with Crippen molar-refractivity contribution in [2.24, 2.45) is 0 Å². The molecule has 0 saturated carbocycles. The minimum absolute atomic E-state index is 0.121. The zero-order valence-electron chi connectivity index (χ0n) is 11.6. The third kappa shape index (κ3) is 2.78. The molecule has 19 heavy (non-hydrogen) atoms. The van der Waals surface area contributed by atoms with Crippen LogP contribution in [0.25, 0.3) is 0 Å². The molecular weight excluding hydrogens is 278 g/mol. The van der Waals surface area contributed by atoms with Crippen molar-refractivity contribution in [1.29, 1.82) is 0 Å². The number of nitrogens with one attached hydrogen (secondary N) is 1. The van der Waals surface area contributed by atoms with Crippen LogP contribution < -0.4 is 10.1 Å². The molecule has 1 aromatic heterocycles. The highest BCUT2D eigenvalue weighted by Gasteiger charge is 2.19. The van der Waals surface area contributed by atoms with Crippen LogP contribution in [0.2, 0.25) is 5.02 Å². The number of hydrogen-bond acceptors (Lipinski definition) is 3. The van der Waals surface area contributed by atoms with Gasteiger partial charge < -0.3 is 10.1 Å². The van der Waals surface area contributed by atoms with E-state index in [4.69, 9.17) is 16.3 Å². The van der Waals surface area contributed by atoms with Crippen molar-refractivity contribution in [3.8, 4) is 5.75 Å². The summed E-state index contributed by atoms with van der Waals surface area (Å²) < 4.78 is 5.30. The molecule has 102 valence electrons. The molecule has 2 aromatic rings. The minimum Gasteiger partial charge on any atom is -0.496 e. The van der Waals surface area contributed by atoms with Gasteiger partial charge in [-0.1, -0.05) is 23.7 Å². The maximum absolute atomic E-state index is 6.38. The molecule has 0 bridgehead atoms. The number of benzene rings is 1. The van der Waals surface area contributed by atoms with Crippen LogP contribution in [0.5, 0.6) is 5.75 Å². The van der Waals surface area contributed by atoms with Crippen LogP contribution in [0.3, 0.4) is 0 Å². The molecule has 1 unspecified atom stereocenters. The Morgan fingerprint density at radius 1 is 1.26 bits per heavy atom. The summed E-state index contributed by atoms with van der Waals surface area (Å²) in [6.45, 7) is 4.09. The highest BCUT2D eigenvalue weighted by Crippen LogP contribution is 2.36. The SMILES string of the molecule is CNC(c1ccc(OC)c(C)c1)c1scc(C)c1Cl. The smallest absolute Gasteiger partial charge is 0.121 e. The van der Waals surface area contributed by atoms with Crippen LogP contribution in [-0.4, -0.2) is 14.2 Å². The number of rotatable bonds is 4. The van der Waals surface area contributed by atoms with E-state index < -0.39 is 0 Å². The summed E-state index contributed by atoms with van der Waals surface area (Å²) in [6.07, 6.45) is 0. The van der Waals surface area contributed by atoms with Gasteiger partial charge >= 0.3 is 0 Å². The van der Waals surface area contributed by atoms with Gasteiger partial charge in [-0.15, -0.1) is 11.3 Å². The van der Waals surface area contributed by atoms with E-state index in [1.54, 1.807) is 18.4 Å². The van der Waals surface area contributed by atoms with Crippen LogP contribution >= 0.6 is 22.9 Å². The third-order valence-corrected chi connectivity index (χ3v) is 5.01. The molecule has 2 nitrogen and oxygen atoms in total. The van der Waals surface area contributed by atoms with E-state index in [0.717, 1.165) is 26.8 Å². The Kier molecular flexibility index (Phi) is 4.50. The normalized spacial score (nSPS) is 12.5. The van der Waals surface area contributed by atoms with Crippen molar-refractivity contribution in [3.05, 3.63) is 50.2 Å². The van der Waals surface area contributed by atoms with Gasteiger partial charge in [-0.25, -0.2) is 0 Å². The van der Waals surface area contributed by atoms with Crippen LogP contribution in [-0.2, 0) is 0 Å². The Bertz CT molecular complexity index is 580. The lowest BCUT2D eigenvalue weighted by atomic mass is 10.0. The third-order valence-electron chi connectivity index (χ3n) is 3.23. The fourth-order valence-electron chi connectivity index (χ4n) is 2.17. The highest BCUT2D eigenvalue weighted by molar-refractivity contribution is 7.10. The average molecular weight is 296 g/mol. The van der Waals surface area contributed by atoms with Crippen LogP contribution in [0.4, 0.5) is 0 Å². The first kappa shape index (κ1) is 14.4. The van der Waals surface area contributed by atoms with Gasteiger partial charge in [0.2, 0.25) is 0 Å². The second kappa shape index (κ2) is 5.95. The van der Waals surface area contributed by atoms with Gasteiger partial charge in [0.05, 0.1) is 18.2 Å². The maximum Gasteiger partial charge on any atom is 0.121 e. The monoisotopic (exact) mass is 295 g/mol. The first-order chi connectivity index (χ1) is 9.08. The van der Waals surface area contributed by atoms with Gasteiger partial charge in [0.15, 0.2) is 0 Å². The van der Waals surface area contributed by atoms with Crippen molar-refractivity contribution in [3.63, 3.8) is 0 Å². The van der Waals surface area contributed by atoms with Crippen molar-refractivity contribution in [1.82, 2.24) is 5.32 Å². The Labute approximate surface area is 123 Å². The number of aryl methyl sites for hydroxylation is 2. The molecule has 1 heterocycles. The molecule has 1 aromatic carbocycles.